The van der Waals surface area contributed by atoms with Crippen LogP contribution < -0.4 is 15.5 Å². The Morgan fingerprint density at radius 3 is 2.64 bits per heavy atom. The third kappa shape index (κ3) is 4.40. The van der Waals surface area contributed by atoms with Gasteiger partial charge < -0.3 is 30.6 Å². The van der Waals surface area contributed by atoms with Gasteiger partial charge in [0.15, 0.2) is 5.11 Å². The molecule has 0 bridgehead atoms. The van der Waals surface area contributed by atoms with E-state index in [0.717, 1.165) is 18.9 Å². The van der Waals surface area contributed by atoms with Gasteiger partial charge in [-0.1, -0.05) is 0 Å². The first kappa shape index (κ1) is 23.8. The summed E-state index contributed by atoms with van der Waals surface area (Å²) in [7, 11) is 3.11. The number of hydrogen-bond donors (Lipinski definition) is 3. The molecular formula is C23H23FN6O2S. The Morgan fingerprint density at radius 1 is 1.39 bits per heavy atom. The second-order valence-corrected chi connectivity index (χ2v) is 7.98. The molecule has 0 atom stereocenters. The molecule has 1 aliphatic heterocycles. The van der Waals surface area contributed by atoms with Gasteiger partial charge in [-0.15, -0.1) is 0 Å². The van der Waals surface area contributed by atoms with Crippen LogP contribution in [0, 0.1) is 22.6 Å². The van der Waals surface area contributed by atoms with Gasteiger partial charge in [0.05, 0.1) is 17.0 Å². The standard InChI is InChI=1S/C23H23FN6O2S/c1-27-21(32)17-6-5-16(12-18(17)24)30(23(14-31)9-3-10-23)22(33)29(2)20-7-4-15(13-26)28-19(20)8-11-25/h4-8,11-12,14,25,28H,3,9-10H2,1-2H3,(H,27,32)/b19-8-,25-11?. The molecule has 3 N–H and O–H groups in total. The highest BCUT2D eigenvalue weighted by atomic mass is 32.1. The summed E-state index contributed by atoms with van der Waals surface area (Å²) in [5, 5.41) is 22.2. The topological polar surface area (TPSA) is 112 Å². The number of allylic oxidation sites excluding steroid dienone is 4. The zero-order valence-electron chi connectivity index (χ0n) is 18.2. The largest absolute Gasteiger partial charge is 0.355 e. The van der Waals surface area contributed by atoms with Crippen LogP contribution in [-0.2, 0) is 4.79 Å². The lowest BCUT2D eigenvalue weighted by Gasteiger charge is -2.49. The lowest BCUT2D eigenvalue weighted by Crippen LogP contribution is -2.60. The highest BCUT2D eigenvalue weighted by molar-refractivity contribution is 7.80. The molecule has 1 aromatic rings. The number of thiocarbonyl (C=S) groups is 1. The van der Waals surface area contributed by atoms with E-state index >= 15 is 0 Å². The number of nitrogens with zero attached hydrogens (tertiary/aromatic N) is 3. The number of dihydropyridines is 1. The first-order chi connectivity index (χ1) is 15.8. The molecule has 1 heterocycles. The normalized spacial score (nSPS) is 17.3. The zero-order chi connectivity index (χ0) is 24.2. The number of nitrogens with one attached hydrogen (secondary N) is 3. The number of anilines is 1. The molecule has 0 saturated heterocycles. The van der Waals surface area contributed by atoms with Gasteiger partial charge in [-0.2, -0.15) is 5.26 Å². The van der Waals surface area contributed by atoms with Crippen LogP contribution in [0.1, 0.15) is 29.6 Å². The van der Waals surface area contributed by atoms with Crippen molar-refractivity contribution in [1.82, 2.24) is 15.5 Å². The Hall–Kier alpha value is -3.84. The number of likely N-dealkylation sites (N-methyl/N-ethyl adjacent to an activating group) is 1. The molecule has 8 nitrogen and oxygen atoms in total. The van der Waals surface area contributed by atoms with Gasteiger partial charge in [0, 0.05) is 26.0 Å². The van der Waals surface area contributed by atoms with E-state index in [1.165, 1.54) is 25.3 Å². The lowest BCUT2D eigenvalue weighted by molar-refractivity contribution is -0.114. The van der Waals surface area contributed by atoms with Crippen LogP contribution >= 0.6 is 12.2 Å². The summed E-state index contributed by atoms with van der Waals surface area (Å²) in [5.41, 5.74) is 0.642. The predicted molar refractivity (Wildman–Crippen MR) is 127 cm³/mol. The van der Waals surface area contributed by atoms with Gasteiger partial charge in [0.1, 0.15) is 29.4 Å². The van der Waals surface area contributed by atoms with Gasteiger partial charge in [-0.3, -0.25) is 4.79 Å². The van der Waals surface area contributed by atoms with Crippen molar-refractivity contribution in [1.29, 1.82) is 10.7 Å². The lowest BCUT2D eigenvalue weighted by atomic mass is 9.76. The number of halogens is 1. The quantitative estimate of drug-likeness (QED) is 0.336. The molecule has 3 rings (SSSR count). The number of hydrogen-bond acceptors (Lipinski definition) is 6. The maximum Gasteiger partial charge on any atom is 0.253 e. The van der Waals surface area contributed by atoms with Crippen molar-refractivity contribution in [2.24, 2.45) is 0 Å². The Balaban J connectivity index is 2.06. The molecule has 10 heteroatoms. The molecule has 0 spiro atoms. The summed E-state index contributed by atoms with van der Waals surface area (Å²) in [6.45, 7) is 0. The van der Waals surface area contributed by atoms with Crippen molar-refractivity contribution in [3.8, 4) is 6.07 Å². The number of carbonyl (C=O) groups excluding carboxylic acids is 2. The van der Waals surface area contributed by atoms with Crippen LogP contribution in [0.5, 0.6) is 0 Å². The molecule has 33 heavy (non-hydrogen) atoms. The van der Waals surface area contributed by atoms with Crippen LogP contribution in [0.4, 0.5) is 10.1 Å². The van der Waals surface area contributed by atoms with E-state index in [2.05, 4.69) is 10.6 Å². The summed E-state index contributed by atoms with van der Waals surface area (Å²) >= 11 is 5.77. The summed E-state index contributed by atoms with van der Waals surface area (Å²) in [5.74, 6) is -1.29. The molecule has 2 aliphatic rings. The predicted octanol–water partition coefficient (Wildman–Crippen LogP) is 2.76. The van der Waals surface area contributed by atoms with Crippen molar-refractivity contribution < 1.29 is 14.0 Å². The van der Waals surface area contributed by atoms with Crippen molar-refractivity contribution in [3.63, 3.8) is 0 Å². The molecule has 170 valence electrons. The smallest absolute Gasteiger partial charge is 0.253 e. The second-order valence-electron chi connectivity index (χ2n) is 7.61. The average molecular weight is 467 g/mol. The zero-order valence-corrected chi connectivity index (χ0v) is 19.0. The fourth-order valence-corrected chi connectivity index (χ4v) is 4.16. The molecule has 1 fully saturated rings. The number of nitriles is 1. The minimum absolute atomic E-state index is 0.112. The van der Waals surface area contributed by atoms with Gasteiger partial charge in [-0.05, 0) is 67.9 Å². The van der Waals surface area contributed by atoms with Crippen LogP contribution in [0.2, 0.25) is 0 Å². The van der Waals surface area contributed by atoms with Crippen molar-refractivity contribution >= 4 is 41.4 Å². The molecular weight excluding hydrogens is 443 g/mol. The van der Waals surface area contributed by atoms with Crippen molar-refractivity contribution in [2.45, 2.75) is 24.8 Å². The third-order valence-electron chi connectivity index (χ3n) is 5.73. The third-order valence-corrected chi connectivity index (χ3v) is 6.19. The van der Waals surface area contributed by atoms with Crippen LogP contribution in [0.3, 0.4) is 0 Å². The molecule has 0 unspecified atom stereocenters. The van der Waals surface area contributed by atoms with Crippen LogP contribution in [0.15, 0.2) is 53.5 Å². The minimum Gasteiger partial charge on any atom is -0.355 e. The van der Waals surface area contributed by atoms with Crippen LogP contribution in [-0.4, -0.2) is 48.1 Å². The number of rotatable bonds is 6. The Labute approximate surface area is 196 Å². The highest BCUT2D eigenvalue weighted by Gasteiger charge is 2.46. The summed E-state index contributed by atoms with van der Waals surface area (Å²) in [6, 6.07) is 6.14. The molecule has 0 aromatic heterocycles. The van der Waals surface area contributed by atoms with E-state index in [1.807, 2.05) is 6.07 Å². The molecule has 1 amide bonds. The average Bonchev–Trinajstić information content (AvgIpc) is 2.80. The fourth-order valence-electron chi connectivity index (χ4n) is 3.78. The van der Waals surface area contributed by atoms with Crippen molar-refractivity contribution in [3.05, 3.63) is 64.9 Å². The van der Waals surface area contributed by atoms with Crippen molar-refractivity contribution in [2.75, 3.05) is 19.0 Å². The fraction of sp³-hybridized carbons (Fsp3) is 0.261. The van der Waals surface area contributed by atoms with Gasteiger partial charge in [0.25, 0.3) is 5.91 Å². The Kier molecular flexibility index (Phi) is 7.04. The molecule has 1 aliphatic carbocycles. The van der Waals surface area contributed by atoms with E-state index in [1.54, 1.807) is 35.1 Å². The Morgan fingerprint density at radius 2 is 2.12 bits per heavy atom. The first-order valence-corrected chi connectivity index (χ1v) is 10.6. The highest BCUT2D eigenvalue weighted by Crippen LogP contribution is 2.40. The van der Waals surface area contributed by atoms with E-state index in [9.17, 15) is 19.2 Å². The monoisotopic (exact) mass is 466 g/mol. The molecule has 1 saturated carbocycles. The van der Waals surface area contributed by atoms with Gasteiger partial charge in [0.2, 0.25) is 0 Å². The molecule has 1 aromatic carbocycles. The number of aldehydes is 1. The second kappa shape index (κ2) is 9.75. The number of benzene rings is 1. The number of amides is 1. The minimum atomic E-state index is -0.936. The van der Waals surface area contributed by atoms with E-state index in [0.29, 0.717) is 35.6 Å². The van der Waals surface area contributed by atoms with Gasteiger partial charge in [-0.25, -0.2) is 4.39 Å². The van der Waals surface area contributed by atoms with E-state index in [-0.39, 0.29) is 10.7 Å². The summed E-state index contributed by atoms with van der Waals surface area (Å²) in [6.07, 6.45) is 8.56. The maximum atomic E-state index is 14.8. The first-order valence-electron chi connectivity index (χ1n) is 10.2. The SMILES string of the molecule is CNC(=O)c1ccc(N(C(=S)N(C)C2=CC=C(C#N)N/C2=C\C=N)C2(C=O)CCC2)cc1F. The maximum absolute atomic E-state index is 14.8. The van der Waals surface area contributed by atoms with E-state index < -0.39 is 17.3 Å². The van der Waals surface area contributed by atoms with Gasteiger partial charge >= 0.3 is 0 Å². The van der Waals surface area contributed by atoms with Crippen LogP contribution in [0.25, 0.3) is 0 Å². The number of carbonyl (C=O) groups is 2. The molecule has 0 radical (unpaired) electrons. The summed E-state index contributed by atoms with van der Waals surface area (Å²) in [4.78, 5) is 27.4. The summed E-state index contributed by atoms with van der Waals surface area (Å²) < 4.78 is 14.8. The Bertz CT molecular complexity index is 1150. The van der Waals surface area contributed by atoms with E-state index in [4.69, 9.17) is 17.6 Å².